The van der Waals surface area contributed by atoms with E-state index in [1.165, 1.54) is 0 Å². The second kappa shape index (κ2) is 7.28. The molecular formula is C17H18BrN3O2. The Balaban J connectivity index is 2.05. The number of rotatable bonds is 4. The number of carbonyl (C=O) groups is 2. The van der Waals surface area contributed by atoms with Gasteiger partial charge in [-0.3, -0.25) is 4.79 Å². The first-order valence-corrected chi connectivity index (χ1v) is 7.83. The fraction of sp³-hybridized carbons (Fsp3) is 0.176. The zero-order valence-electron chi connectivity index (χ0n) is 13.0. The normalized spacial score (nSPS) is 10.2. The Bertz CT molecular complexity index is 746. The van der Waals surface area contributed by atoms with Gasteiger partial charge in [0.15, 0.2) is 0 Å². The molecular weight excluding hydrogens is 358 g/mol. The van der Waals surface area contributed by atoms with Gasteiger partial charge in [-0.15, -0.1) is 0 Å². The van der Waals surface area contributed by atoms with E-state index in [1.54, 1.807) is 37.1 Å². The minimum atomic E-state index is -0.480. The quantitative estimate of drug-likeness (QED) is 0.857. The summed E-state index contributed by atoms with van der Waals surface area (Å²) in [4.78, 5) is 25.1. The summed E-state index contributed by atoms with van der Waals surface area (Å²) in [5.74, 6) is -0.480. The fourth-order valence-corrected chi connectivity index (χ4v) is 2.60. The third-order valence-electron chi connectivity index (χ3n) is 3.46. The minimum Gasteiger partial charge on any atom is -0.366 e. The SMILES string of the molecule is Cc1cc(NC(=O)N(C)Cc2ccccc2Br)ccc1C(N)=O. The number of hydrogen-bond acceptors (Lipinski definition) is 2. The average molecular weight is 376 g/mol. The van der Waals surface area contributed by atoms with Crippen molar-refractivity contribution in [3.63, 3.8) is 0 Å². The monoisotopic (exact) mass is 375 g/mol. The highest BCUT2D eigenvalue weighted by molar-refractivity contribution is 9.10. The average Bonchev–Trinajstić information content (AvgIpc) is 2.49. The first-order valence-electron chi connectivity index (χ1n) is 7.04. The topological polar surface area (TPSA) is 75.4 Å². The number of urea groups is 1. The number of amides is 3. The summed E-state index contributed by atoms with van der Waals surface area (Å²) in [5.41, 5.74) is 8.09. The van der Waals surface area contributed by atoms with Crippen LogP contribution in [0.2, 0.25) is 0 Å². The first-order chi connectivity index (χ1) is 10.9. The molecule has 0 aliphatic heterocycles. The van der Waals surface area contributed by atoms with Gasteiger partial charge in [-0.25, -0.2) is 4.79 Å². The molecule has 2 aromatic carbocycles. The van der Waals surface area contributed by atoms with Crippen LogP contribution in [0.15, 0.2) is 46.9 Å². The van der Waals surface area contributed by atoms with E-state index in [0.717, 1.165) is 15.6 Å². The van der Waals surface area contributed by atoms with Gasteiger partial charge in [-0.2, -0.15) is 0 Å². The summed E-state index contributed by atoms with van der Waals surface area (Å²) in [6, 6.07) is 12.5. The van der Waals surface area contributed by atoms with Crippen LogP contribution in [0.1, 0.15) is 21.5 Å². The lowest BCUT2D eigenvalue weighted by Crippen LogP contribution is -2.31. The maximum absolute atomic E-state index is 12.3. The van der Waals surface area contributed by atoms with Gasteiger partial charge in [-0.05, 0) is 42.3 Å². The third-order valence-corrected chi connectivity index (χ3v) is 4.23. The Morgan fingerprint density at radius 2 is 1.91 bits per heavy atom. The van der Waals surface area contributed by atoms with Crippen molar-refractivity contribution < 1.29 is 9.59 Å². The largest absolute Gasteiger partial charge is 0.366 e. The Morgan fingerprint density at radius 3 is 2.52 bits per heavy atom. The van der Waals surface area contributed by atoms with Crippen LogP contribution in [0.5, 0.6) is 0 Å². The van der Waals surface area contributed by atoms with Crippen molar-refractivity contribution in [1.29, 1.82) is 0 Å². The number of benzene rings is 2. The van der Waals surface area contributed by atoms with Crippen LogP contribution in [0.3, 0.4) is 0 Å². The predicted molar refractivity (Wildman–Crippen MR) is 94.3 cm³/mol. The van der Waals surface area contributed by atoms with Crippen molar-refractivity contribution in [2.45, 2.75) is 13.5 Å². The van der Waals surface area contributed by atoms with E-state index >= 15 is 0 Å². The third kappa shape index (κ3) is 4.32. The molecule has 6 heteroatoms. The molecule has 0 spiro atoms. The second-order valence-corrected chi connectivity index (χ2v) is 6.13. The highest BCUT2D eigenvalue weighted by Crippen LogP contribution is 2.19. The zero-order valence-corrected chi connectivity index (χ0v) is 14.6. The van der Waals surface area contributed by atoms with Crippen molar-refractivity contribution in [3.8, 4) is 0 Å². The lowest BCUT2D eigenvalue weighted by molar-refractivity contribution is 0.0999. The molecule has 0 saturated carbocycles. The second-order valence-electron chi connectivity index (χ2n) is 5.27. The number of nitrogens with one attached hydrogen (secondary N) is 1. The Hall–Kier alpha value is -2.34. The van der Waals surface area contributed by atoms with Gasteiger partial charge in [0.1, 0.15) is 0 Å². The van der Waals surface area contributed by atoms with Crippen LogP contribution >= 0.6 is 15.9 Å². The molecule has 2 aromatic rings. The maximum atomic E-state index is 12.3. The summed E-state index contributed by atoms with van der Waals surface area (Å²) >= 11 is 3.47. The molecule has 0 aliphatic rings. The highest BCUT2D eigenvalue weighted by Gasteiger charge is 2.12. The molecule has 0 aromatic heterocycles. The molecule has 0 fully saturated rings. The molecule has 3 amide bonds. The molecule has 3 N–H and O–H groups in total. The summed E-state index contributed by atoms with van der Waals surface area (Å²) in [7, 11) is 1.72. The van der Waals surface area contributed by atoms with Crippen LogP contribution in [0, 0.1) is 6.92 Å². The molecule has 0 saturated heterocycles. The lowest BCUT2D eigenvalue weighted by atomic mass is 10.1. The summed E-state index contributed by atoms with van der Waals surface area (Å²) in [6.45, 7) is 2.26. The zero-order chi connectivity index (χ0) is 17.0. The summed E-state index contributed by atoms with van der Waals surface area (Å²) < 4.78 is 0.960. The standard InChI is InChI=1S/C17H18BrN3O2/c1-11-9-13(7-8-14(11)16(19)22)20-17(23)21(2)10-12-5-3-4-6-15(12)18/h3-9H,10H2,1-2H3,(H2,19,22)(H,20,23). The molecule has 2 rings (SSSR count). The number of halogens is 1. The number of carbonyl (C=O) groups excluding carboxylic acids is 2. The van der Waals surface area contributed by atoms with Crippen molar-refractivity contribution in [2.75, 3.05) is 12.4 Å². The number of primary amides is 1. The van der Waals surface area contributed by atoms with Gasteiger partial charge in [0.25, 0.3) is 0 Å². The van der Waals surface area contributed by atoms with Crippen LogP contribution in [0.4, 0.5) is 10.5 Å². The van der Waals surface area contributed by atoms with E-state index < -0.39 is 5.91 Å². The molecule has 0 bridgehead atoms. The van der Waals surface area contributed by atoms with Gasteiger partial charge >= 0.3 is 6.03 Å². The van der Waals surface area contributed by atoms with Crippen molar-refractivity contribution in [1.82, 2.24) is 4.90 Å². The molecule has 0 atom stereocenters. The Morgan fingerprint density at radius 1 is 1.22 bits per heavy atom. The number of aryl methyl sites for hydroxylation is 1. The van der Waals surface area contributed by atoms with E-state index in [1.807, 2.05) is 24.3 Å². The molecule has 0 radical (unpaired) electrons. The van der Waals surface area contributed by atoms with Gasteiger partial charge in [0, 0.05) is 29.3 Å². The van der Waals surface area contributed by atoms with Crippen LogP contribution in [-0.2, 0) is 6.54 Å². The molecule has 0 aliphatic carbocycles. The summed E-state index contributed by atoms with van der Waals surface area (Å²) in [5, 5.41) is 2.81. The van der Waals surface area contributed by atoms with Crippen LogP contribution in [-0.4, -0.2) is 23.9 Å². The van der Waals surface area contributed by atoms with Crippen LogP contribution < -0.4 is 11.1 Å². The molecule has 0 unspecified atom stereocenters. The van der Waals surface area contributed by atoms with E-state index in [2.05, 4.69) is 21.2 Å². The fourth-order valence-electron chi connectivity index (χ4n) is 2.19. The number of nitrogens with zero attached hydrogens (tertiary/aromatic N) is 1. The van der Waals surface area contributed by atoms with E-state index in [-0.39, 0.29) is 6.03 Å². The molecule has 23 heavy (non-hydrogen) atoms. The number of nitrogens with two attached hydrogens (primary N) is 1. The smallest absolute Gasteiger partial charge is 0.321 e. The van der Waals surface area contributed by atoms with E-state index in [4.69, 9.17) is 5.73 Å². The van der Waals surface area contributed by atoms with Gasteiger partial charge in [0.05, 0.1) is 0 Å². The minimum absolute atomic E-state index is 0.230. The van der Waals surface area contributed by atoms with E-state index in [0.29, 0.717) is 17.8 Å². The summed E-state index contributed by atoms with van der Waals surface area (Å²) in [6.07, 6.45) is 0. The molecule has 5 nitrogen and oxygen atoms in total. The van der Waals surface area contributed by atoms with Gasteiger partial charge < -0.3 is 16.0 Å². The van der Waals surface area contributed by atoms with Crippen molar-refractivity contribution in [2.24, 2.45) is 5.73 Å². The van der Waals surface area contributed by atoms with Crippen LogP contribution in [0.25, 0.3) is 0 Å². The lowest BCUT2D eigenvalue weighted by Gasteiger charge is -2.19. The van der Waals surface area contributed by atoms with Gasteiger partial charge in [-0.1, -0.05) is 34.1 Å². The van der Waals surface area contributed by atoms with Gasteiger partial charge in [0.2, 0.25) is 5.91 Å². The first kappa shape index (κ1) is 17.0. The molecule has 0 heterocycles. The van der Waals surface area contributed by atoms with E-state index in [9.17, 15) is 9.59 Å². The number of hydrogen-bond donors (Lipinski definition) is 2. The maximum Gasteiger partial charge on any atom is 0.321 e. The molecule has 120 valence electrons. The number of anilines is 1. The predicted octanol–water partition coefficient (Wildman–Crippen LogP) is 3.52. The Kier molecular flexibility index (Phi) is 5.39. The van der Waals surface area contributed by atoms with Crippen molar-refractivity contribution in [3.05, 3.63) is 63.6 Å². The Labute approximate surface area is 143 Å². The highest BCUT2D eigenvalue weighted by atomic mass is 79.9. The van der Waals surface area contributed by atoms with Crippen molar-refractivity contribution >= 4 is 33.6 Å².